The molecule has 0 aliphatic carbocycles. The maximum Gasteiger partial charge on any atom is 0.228 e. The first-order chi connectivity index (χ1) is 20.0. The van der Waals surface area contributed by atoms with E-state index in [1.165, 1.54) is 10.6 Å². The number of carbonyl (C=O) groups is 2. The first-order valence-electron chi connectivity index (χ1n) is 14.9. The molecule has 2 aliphatic heterocycles. The van der Waals surface area contributed by atoms with E-state index in [9.17, 15) is 18.0 Å². The Morgan fingerprint density at radius 3 is 2.40 bits per heavy atom. The number of fused-ring (bicyclic) bond motifs is 1. The van der Waals surface area contributed by atoms with Crippen LogP contribution in [0.25, 0.3) is 0 Å². The van der Waals surface area contributed by atoms with Crippen molar-refractivity contribution in [2.75, 3.05) is 70.1 Å². The minimum Gasteiger partial charge on any atom is -0.337 e. The van der Waals surface area contributed by atoms with Gasteiger partial charge in [-0.05, 0) is 42.1 Å². The monoisotopic (exact) mass is 598 g/mol. The lowest BCUT2D eigenvalue weighted by Crippen LogP contribution is -2.46. The van der Waals surface area contributed by atoms with Crippen LogP contribution in [0.15, 0.2) is 48.8 Å². The Bertz CT molecular complexity index is 1310. The second kappa shape index (κ2) is 14.5. The number of rotatable bonds is 6. The van der Waals surface area contributed by atoms with Crippen molar-refractivity contribution in [1.82, 2.24) is 24.0 Å². The molecular formula is C31H46N6O4S. The van der Waals surface area contributed by atoms with E-state index in [4.69, 9.17) is 0 Å². The minimum absolute atomic E-state index is 0.0198. The highest BCUT2D eigenvalue weighted by atomic mass is 32.2. The van der Waals surface area contributed by atoms with Gasteiger partial charge in [0, 0.05) is 90.5 Å². The first-order valence-corrected chi connectivity index (χ1v) is 16.8. The summed E-state index contributed by atoms with van der Waals surface area (Å²) in [5, 5.41) is 0. The predicted octanol–water partition coefficient (Wildman–Crippen LogP) is 2.52. The number of sulfonamides is 1. The highest BCUT2D eigenvalue weighted by Gasteiger charge is 2.34. The van der Waals surface area contributed by atoms with Crippen molar-refractivity contribution in [2.45, 2.75) is 40.3 Å². The SMILES string of the molecule is CC(=O)N1CCCN(CC(C)C)CCN(C(=O)C2CN(Cc3cccnc3)CCN(S(C)(=O)=O)C2)Cc2ccccc21. The lowest BCUT2D eigenvalue weighted by atomic mass is 10.1. The number of hydrogen-bond donors (Lipinski definition) is 0. The molecule has 2 amide bonds. The highest BCUT2D eigenvalue weighted by Crippen LogP contribution is 2.25. The van der Waals surface area contributed by atoms with Crippen LogP contribution in [0, 0.1) is 11.8 Å². The molecule has 1 aromatic carbocycles. The zero-order valence-electron chi connectivity index (χ0n) is 25.5. The van der Waals surface area contributed by atoms with Crippen LogP contribution < -0.4 is 4.90 Å². The number of aromatic nitrogens is 1. The lowest BCUT2D eigenvalue weighted by molar-refractivity contribution is -0.137. The molecule has 2 aromatic rings. The van der Waals surface area contributed by atoms with Crippen LogP contribution in [0.3, 0.4) is 0 Å². The number of para-hydroxylation sites is 1. The van der Waals surface area contributed by atoms with Gasteiger partial charge < -0.3 is 14.7 Å². The van der Waals surface area contributed by atoms with E-state index in [-0.39, 0.29) is 18.4 Å². The number of pyridine rings is 1. The Morgan fingerprint density at radius 1 is 0.952 bits per heavy atom. The van der Waals surface area contributed by atoms with E-state index in [1.54, 1.807) is 13.1 Å². The molecule has 0 saturated carbocycles. The second-order valence-electron chi connectivity index (χ2n) is 12.0. The highest BCUT2D eigenvalue weighted by molar-refractivity contribution is 7.88. The smallest absolute Gasteiger partial charge is 0.228 e. The van der Waals surface area contributed by atoms with Crippen LogP contribution in [0.1, 0.15) is 38.3 Å². The molecular weight excluding hydrogens is 552 g/mol. The van der Waals surface area contributed by atoms with Crippen molar-refractivity contribution in [3.05, 3.63) is 59.9 Å². The molecule has 0 bridgehead atoms. The summed E-state index contributed by atoms with van der Waals surface area (Å²) >= 11 is 0. The largest absolute Gasteiger partial charge is 0.337 e. The second-order valence-corrected chi connectivity index (χ2v) is 14.0. The van der Waals surface area contributed by atoms with Gasteiger partial charge in [-0.2, -0.15) is 0 Å². The molecule has 1 atom stereocenters. The molecule has 4 rings (SSSR count). The van der Waals surface area contributed by atoms with Crippen LogP contribution in [-0.4, -0.2) is 109 Å². The molecule has 0 N–H and O–H groups in total. The molecule has 2 aliphatic rings. The van der Waals surface area contributed by atoms with Crippen molar-refractivity contribution in [3.63, 3.8) is 0 Å². The Balaban J connectivity index is 1.66. The van der Waals surface area contributed by atoms with Crippen molar-refractivity contribution in [2.24, 2.45) is 11.8 Å². The third-order valence-corrected chi connectivity index (χ3v) is 9.29. The van der Waals surface area contributed by atoms with Crippen LogP contribution in [0.2, 0.25) is 0 Å². The maximum atomic E-state index is 14.4. The number of carbonyl (C=O) groups excluding carboxylic acids is 2. The van der Waals surface area contributed by atoms with Gasteiger partial charge in [0.05, 0.1) is 12.2 Å². The summed E-state index contributed by atoms with van der Waals surface area (Å²) in [7, 11) is -3.49. The van der Waals surface area contributed by atoms with E-state index < -0.39 is 15.9 Å². The predicted molar refractivity (Wildman–Crippen MR) is 165 cm³/mol. The summed E-state index contributed by atoms with van der Waals surface area (Å²) in [6, 6.07) is 11.7. The van der Waals surface area contributed by atoms with Crippen molar-refractivity contribution >= 4 is 27.5 Å². The third kappa shape index (κ3) is 8.82. The molecule has 1 saturated heterocycles. The van der Waals surface area contributed by atoms with Crippen molar-refractivity contribution in [3.8, 4) is 0 Å². The van der Waals surface area contributed by atoms with Crippen LogP contribution in [0.5, 0.6) is 0 Å². The van der Waals surface area contributed by atoms with Crippen molar-refractivity contribution in [1.29, 1.82) is 0 Å². The first kappa shape index (κ1) is 32.1. The van der Waals surface area contributed by atoms with E-state index in [2.05, 4.69) is 28.6 Å². The number of anilines is 1. The summed E-state index contributed by atoms with van der Waals surface area (Å²) < 4.78 is 26.9. The van der Waals surface area contributed by atoms with E-state index in [0.29, 0.717) is 58.3 Å². The lowest BCUT2D eigenvalue weighted by Gasteiger charge is -2.32. The molecule has 0 radical (unpaired) electrons. The van der Waals surface area contributed by atoms with Gasteiger partial charge in [-0.25, -0.2) is 12.7 Å². The van der Waals surface area contributed by atoms with Gasteiger partial charge in [0.2, 0.25) is 21.8 Å². The standard InChI is InChI=1S/C31H46N6O4S/c1-25(2)20-33-13-8-14-37(26(3)38)30-11-6-5-10-28(30)23-35(17-15-33)31(39)29-22-34(21-27-9-7-12-32-19-27)16-18-36(24-29)42(4,40)41/h5-7,9-12,19,25,29H,8,13-18,20-24H2,1-4H3. The summed E-state index contributed by atoms with van der Waals surface area (Å²) in [6.07, 6.45) is 5.59. The van der Waals surface area contributed by atoms with Crippen molar-refractivity contribution < 1.29 is 18.0 Å². The zero-order chi connectivity index (χ0) is 30.3. The summed E-state index contributed by atoms with van der Waals surface area (Å²) in [5.41, 5.74) is 2.77. The fourth-order valence-electron chi connectivity index (χ4n) is 6.01. The molecule has 1 fully saturated rings. The van der Waals surface area contributed by atoms with Gasteiger partial charge >= 0.3 is 0 Å². The van der Waals surface area contributed by atoms with Crippen LogP contribution in [0.4, 0.5) is 5.69 Å². The van der Waals surface area contributed by atoms with E-state index >= 15 is 0 Å². The molecule has 42 heavy (non-hydrogen) atoms. The Kier molecular flexibility index (Phi) is 11.1. The number of nitrogens with zero attached hydrogens (tertiary/aromatic N) is 6. The Hall–Kier alpha value is -2.86. The topological polar surface area (TPSA) is 97.4 Å². The number of benzene rings is 1. The summed E-state index contributed by atoms with van der Waals surface area (Å²) in [4.78, 5) is 39.7. The fraction of sp³-hybridized carbons (Fsp3) is 0.581. The van der Waals surface area contributed by atoms with Crippen LogP contribution >= 0.6 is 0 Å². The van der Waals surface area contributed by atoms with Gasteiger partial charge in [0.1, 0.15) is 0 Å². The molecule has 230 valence electrons. The molecule has 1 aromatic heterocycles. The normalized spacial score (nSPS) is 20.5. The third-order valence-electron chi connectivity index (χ3n) is 8.02. The molecule has 3 heterocycles. The average molecular weight is 599 g/mol. The number of hydrogen-bond acceptors (Lipinski definition) is 7. The quantitative estimate of drug-likeness (QED) is 0.504. The fourth-order valence-corrected chi connectivity index (χ4v) is 6.88. The molecule has 10 nitrogen and oxygen atoms in total. The van der Waals surface area contributed by atoms with E-state index in [0.717, 1.165) is 36.3 Å². The average Bonchev–Trinajstić information content (AvgIpc) is 3.17. The Labute approximate surface area is 251 Å². The summed E-state index contributed by atoms with van der Waals surface area (Å²) in [5.74, 6) is -0.145. The van der Waals surface area contributed by atoms with Gasteiger partial charge in [-0.1, -0.05) is 38.1 Å². The summed E-state index contributed by atoms with van der Waals surface area (Å²) in [6.45, 7) is 12.0. The van der Waals surface area contributed by atoms with Gasteiger partial charge in [0.25, 0.3) is 0 Å². The maximum absolute atomic E-state index is 14.4. The van der Waals surface area contributed by atoms with Gasteiger partial charge in [0.15, 0.2) is 0 Å². The van der Waals surface area contributed by atoms with E-state index in [1.807, 2.05) is 52.4 Å². The molecule has 1 unspecified atom stereocenters. The minimum atomic E-state index is -3.49. The van der Waals surface area contributed by atoms with Gasteiger partial charge in [-0.3, -0.25) is 19.5 Å². The zero-order valence-corrected chi connectivity index (χ0v) is 26.3. The van der Waals surface area contributed by atoms with Gasteiger partial charge in [-0.15, -0.1) is 0 Å². The molecule has 0 spiro atoms. The Morgan fingerprint density at radius 2 is 1.71 bits per heavy atom. The number of amides is 2. The molecule has 11 heteroatoms. The van der Waals surface area contributed by atoms with Crippen LogP contribution in [-0.2, 0) is 32.7 Å².